The Morgan fingerprint density at radius 1 is 1.12 bits per heavy atom. The van der Waals surface area contributed by atoms with Gasteiger partial charge in [0.1, 0.15) is 0 Å². The smallest absolute Gasteiger partial charge is 0.193 e. The van der Waals surface area contributed by atoms with Crippen molar-refractivity contribution in [3.63, 3.8) is 0 Å². The van der Waals surface area contributed by atoms with Crippen LogP contribution >= 0.6 is 0 Å². The maximum atomic E-state index is 6.09. The molecule has 0 amide bonds. The molecule has 2 unspecified atom stereocenters. The molecule has 3 rings (SSSR count). The number of hydrogen-bond acceptors (Lipinski definition) is 4. The van der Waals surface area contributed by atoms with Gasteiger partial charge < -0.3 is 19.7 Å². The molecular formula is C20H38N4O2. The van der Waals surface area contributed by atoms with Crippen LogP contribution < -0.4 is 5.32 Å². The number of nitrogens with zero attached hydrogens (tertiary/aromatic N) is 3. The lowest BCUT2D eigenvalue weighted by molar-refractivity contribution is -0.0367. The number of hydrogen-bond donors (Lipinski definition) is 1. The number of ether oxygens (including phenoxy) is 2. The molecule has 0 radical (unpaired) electrons. The van der Waals surface area contributed by atoms with Crippen LogP contribution in [-0.2, 0) is 9.47 Å². The van der Waals surface area contributed by atoms with Crippen LogP contribution in [0, 0.1) is 0 Å². The number of aliphatic imine (C=N–C) groups is 1. The molecule has 0 aromatic rings. The van der Waals surface area contributed by atoms with Gasteiger partial charge in [-0.25, -0.2) is 0 Å². The predicted molar refractivity (Wildman–Crippen MR) is 106 cm³/mol. The van der Waals surface area contributed by atoms with Gasteiger partial charge in [-0.2, -0.15) is 0 Å². The molecule has 1 N–H and O–H groups in total. The van der Waals surface area contributed by atoms with Crippen LogP contribution in [-0.4, -0.2) is 87.0 Å². The lowest BCUT2D eigenvalue weighted by Crippen LogP contribution is -2.52. The van der Waals surface area contributed by atoms with E-state index in [-0.39, 0.29) is 0 Å². The Morgan fingerprint density at radius 2 is 1.96 bits per heavy atom. The Balaban J connectivity index is 1.37. The molecule has 0 bridgehead atoms. The van der Waals surface area contributed by atoms with Crippen molar-refractivity contribution < 1.29 is 9.47 Å². The predicted octanol–water partition coefficient (Wildman–Crippen LogP) is 2.10. The van der Waals surface area contributed by atoms with Gasteiger partial charge in [-0.3, -0.25) is 9.89 Å². The summed E-state index contributed by atoms with van der Waals surface area (Å²) >= 11 is 0. The van der Waals surface area contributed by atoms with Crippen molar-refractivity contribution in [3.8, 4) is 0 Å². The highest BCUT2D eigenvalue weighted by molar-refractivity contribution is 5.80. The number of nitrogens with one attached hydrogen (secondary N) is 1. The van der Waals surface area contributed by atoms with Gasteiger partial charge in [0.05, 0.1) is 18.8 Å². The van der Waals surface area contributed by atoms with E-state index >= 15 is 0 Å². The van der Waals surface area contributed by atoms with Crippen LogP contribution in [0.1, 0.15) is 51.9 Å². The van der Waals surface area contributed by atoms with Crippen molar-refractivity contribution in [1.82, 2.24) is 15.1 Å². The zero-order chi connectivity index (χ0) is 18.2. The third-order valence-electron chi connectivity index (χ3n) is 6.15. The Hall–Kier alpha value is -0.850. The molecule has 3 saturated heterocycles. The topological polar surface area (TPSA) is 49.3 Å². The number of guanidine groups is 1. The van der Waals surface area contributed by atoms with E-state index in [1.807, 2.05) is 7.05 Å². The highest BCUT2D eigenvalue weighted by Crippen LogP contribution is 2.19. The fraction of sp³-hybridized carbons (Fsp3) is 0.950. The van der Waals surface area contributed by atoms with Gasteiger partial charge in [0.2, 0.25) is 0 Å². The summed E-state index contributed by atoms with van der Waals surface area (Å²) in [6, 6.07) is 0.651. The molecule has 3 aliphatic rings. The summed E-state index contributed by atoms with van der Waals surface area (Å²) in [6.45, 7) is 9.41. The van der Waals surface area contributed by atoms with E-state index in [1.54, 1.807) is 0 Å². The molecule has 2 atom stereocenters. The minimum absolute atomic E-state index is 0.333. The second kappa shape index (κ2) is 10.5. The third kappa shape index (κ3) is 5.57. The molecule has 26 heavy (non-hydrogen) atoms. The van der Waals surface area contributed by atoms with Crippen molar-refractivity contribution in [2.24, 2.45) is 4.99 Å². The Bertz CT molecular complexity index is 432. The summed E-state index contributed by atoms with van der Waals surface area (Å²) in [5, 5.41) is 3.64. The number of likely N-dealkylation sites (tertiary alicyclic amines) is 2. The van der Waals surface area contributed by atoms with E-state index in [2.05, 4.69) is 27.0 Å². The van der Waals surface area contributed by atoms with E-state index in [0.29, 0.717) is 18.2 Å². The van der Waals surface area contributed by atoms with Crippen molar-refractivity contribution in [2.75, 3.05) is 53.0 Å². The first-order valence-corrected chi connectivity index (χ1v) is 10.7. The average Bonchev–Trinajstić information content (AvgIpc) is 3.21. The molecule has 3 fully saturated rings. The maximum absolute atomic E-state index is 6.09. The van der Waals surface area contributed by atoms with Gasteiger partial charge in [0.25, 0.3) is 0 Å². The minimum atomic E-state index is 0.333. The first kappa shape index (κ1) is 19.9. The quantitative estimate of drug-likeness (QED) is 0.576. The summed E-state index contributed by atoms with van der Waals surface area (Å²) < 4.78 is 11.8. The summed E-state index contributed by atoms with van der Waals surface area (Å²) in [5.41, 5.74) is 0. The van der Waals surface area contributed by atoms with Crippen molar-refractivity contribution in [3.05, 3.63) is 0 Å². The van der Waals surface area contributed by atoms with Crippen LogP contribution in [0.5, 0.6) is 0 Å². The monoisotopic (exact) mass is 366 g/mol. The third-order valence-corrected chi connectivity index (χ3v) is 6.15. The van der Waals surface area contributed by atoms with Gasteiger partial charge in [-0.05, 0) is 51.6 Å². The van der Waals surface area contributed by atoms with E-state index in [0.717, 1.165) is 64.6 Å². The second-order valence-electron chi connectivity index (χ2n) is 7.86. The molecule has 150 valence electrons. The Labute approximate surface area is 159 Å². The van der Waals surface area contributed by atoms with Crippen molar-refractivity contribution >= 4 is 5.96 Å². The van der Waals surface area contributed by atoms with E-state index < -0.39 is 0 Å². The van der Waals surface area contributed by atoms with Crippen molar-refractivity contribution in [1.29, 1.82) is 0 Å². The first-order valence-electron chi connectivity index (χ1n) is 10.7. The lowest BCUT2D eigenvalue weighted by atomic mass is 10.0. The van der Waals surface area contributed by atoms with Gasteiger partial charge in [0, 0.05) is 39.3 Å². The molecule has 0 saturated carbocycles. The zero-order valence-electron chi connectivity index (χ0n) is 16.8. The van der Waals surface area contributed by atoms with Crippen LogP contribution in [0.3, 0.4) is 0 Å². The molecule has 0 aliphatic carbocycles. The second-order valence-corrected chi connectivity index (χ2v) is 7.86. The fourth-order valence-electron chi connectivity index (χ4n) is 4.50. The van der Waals surface area contributed by atoms with E-state index in [1.165, 1.54) is 32.2 Å². The highest BCUT2D eigenvalue weighted by Gasteiger charge is 2.25. The molecule has 0 aromatic carbocycles. The molecule has 6 heteroatoms. The van der Waals surface area contributed by atoms with Gasteiger partial charge in [-0.15, -0.1) is 0 Å². The fourth-order valence-corrected chi connectivity index (χ4v) is 4.50. The van der Waals surface area contributed by atoms with Gasteiger partial charge in [0.15, 0.2) is 5.96 Å². The number of piperidine rings is 2. The molecule has 3 heterocycles. The van der Waals surface area contributed by atoms with Crippen molar-refractivity contribution in [2.45, 2.75) is 70.1 Å². The summed E-state index contributed by atoms with van der Waals surface area (Å²) in [6.07, 6.45) is 9.22. The number of rotatable bonds is 6. The first-order chi connectivity index (χ1) is 12.8. The molecule has 0 aromatic heterocycles. The van der Waals surface area contributed by atoms with Gasteiger partial charge in [-0.1, -0.05) is 13.3 Å². The zero-order valence-corrected chi connectivity index (χ0v) is 16.8. The van der Waals surface area contributed by atoms with Gasteiger partial charge >= 0.3 is 0 Å². The minimum Gasteiger partial charge on any atom is -0.376 e. The Morgan fingerprint density at radius 3 is 2.65 bits per heavy atom. The van der Waals surface area contributed by atoms with E-state index in [9.17, 15) is 0 Å². The summed E-state index contributed by atoms with van der Waals surface area (Å²) in [4.78, 5) is 9.53. The molecular weight excluding hydrogens is 328 g/mol. The summed E-state index contributed by atoms with van der Waals surface area (Å²) in [5.74, 6) is 1.06. The van der Waals surface area contributed by atoms with Crippen LogP contribution in [0.2, 0.25) is 0 Å². The molecule has 6 nitrogen and oxygen atoms in total. The summed E-state index contributed by atoms with van der Waals surface area (Å²) in [7, 11) is 1.90. The average molecular weight is 367 g/mol. The van der Waals surface area contributed by atoms with E-state index in [4.69, 9.17) is 9.47 Å². The largest absolute Gasteiger partial charge is 0.376 e. The molecule has 3 aliphatic heterocycles. The number of likely N-dealkylation sites (N-methyl/N-ethyl adjacent to an activating group) is 1. The lowest BCUT2D eigenvalue weighted by Gasteiger charge is -2.37. The molecule has 0 spiro atoms. The van der Waals surface area contributed by atoms with Crippen LogP contribution in [0.15, 0.2) is 4.99 Å². The standard InChI is InChI=1S/C20H38N4O2/c1-3-23-11-5-4-7-17(23)15-22-20(21-2)24-12-9-18(10-13-24)26-16-19-8-6-14-25-19/h17-19H,3-16H2,1-2H3,(H,21,22). The normalized spacial score (nSPS) is 29.3. The Kier molecular flexibility index (Phi) is 8.02. The van der Waals surface area contributed by atoms with Crippen LogP contribution in [0.4, 0.5) is 0 Å². The SMILES string of the molecule is CCN1CCCCC1CNC(=NC)N1CCC(OCC2CCCO2)CC1. The maximum Gasteiger partial charge on any atom is 0.193 e. The van der Waals surface area contributed by atoms with Crippen LogP contribution in [0.25, 0.3) is 0 Å². The highest BCUT2D eigenvalue weighted by atomic mass is 16.5.